The number of benzene rings is 1. The van der Waals surface area contributed by atoms with E-state index in [4.69, 9.17) is 0 Å². The third-order valence-corrected chi connectivity index (χ3v) is 7.68. The Morgan fingerprint density at radius 3 is 2.60 bits per heavy atom. The van der Waals surface area contributed by atoms with E-state index >= 15 is 0 Å². The lowest BCUT2D eigenvalue weighted by Gasteiger charge is -2.25. The lowest BCUT2D eigenvalue weighted by Crippen LogP contribution is -2.36. The van der Waals surface area contributed by atoms with E-state index in [-0.39, 0.29) is 9.77 Å². The molecule has 0 spiro atoms. The van der Waals surface area contributed by atoms with E-state index in [1.165, 1.54) is 10.4 Å². The normalized spacial score (nSPS) is 15.9. The smallest absolute Gasteiger partial charge is 0.267 e. The maximum absolute atomic E-state index is 12.9. The van der Waals surface area contributed by atoms with Gasteiger partial charge in [-0.05, 0) is 55.0 Å². The van der Waals surface area contributed by atoms with E-state index in [1.807, 2.05) is 19.1 Å². The van der Waals surface area contributed by atoms with Crippen molar-refractivity contribution in [3.63, 3.8) is 0 Å². The molecule has 0 radical (unpaired) electrons. The van der Waals surface area contributed by atoms with Crippen molar-refractivity contribution in [1.82, 2.24) is 4.31 Å². The number of thiophene rings is 1. The molecule has 25 heavy (non-hydrogen) atoms. The Hall–Kier alpha value is -1.22. The molecule has 134 valence electrons. The standard InChI is InChI=1S/C17H19BrN2O3S2/c1-12-11-13(18)5-6-14(12)19-17(21)16-15(7-10-24-16)25(22,23)20-8-3-2-4-9-20/h5-7,10-11H,2-4,8-9H2,1H3,(H,19,21). The summed E-state index contributed by atoms with van der Waals surface area (Å²) < 4.78 is 28.2. The van der Waals surface area contributed by atoms with E-state index in [0.717, 1.165) is 40.6 Å². The van der Waals surface area contributed by atoms with E-state index in [9.17, 15) is 13.2 Å². The summed E-state index contributed by atoms with van der Waals surface area (Å²) in [5.74, 6) is -0.393. The fourth-order valence-electron chi connectivity index (χ4n) is 2.86. The van der Waals surface area contributed by atoms with Gasteiger partial charge in [0.05, 0.1) is 0 Å². The van der Waals surface area contributed by atoms with E-state index in [2.05, 4.69) is 21.2 Å². The monoisotopic (exact) mass is 442 g/mol. The van der Waals surface area contributed by atoms with E-state index in [0.29, 0.717) is 18.8 Å². The number of nitrogens with zero attached hydrogens (tertiary/aromatic N) is 1. The molecule has 1 aromatic carbocycles. The van der Waals surface area contributed by atoms with Gasteiger partial charge in [-0.2, -0.15) is 4.31 Å². The van der Waals surface area contributed by atoms with Crippen LogP contribution in [0.5, 0.6) is 0 Å². The van der Waals surface area contributed by atoms with Gasteiger partial charge in [0.15, 0.2) is 0 Å². The SMILES string of the molecule is Cc1cc(Br)ccc1NC(=O)c1sccc1S(=O)(=O)N1CCCCC1. The van der Waals surface area contributed by atoms with Crippen LogP contribution >= 0.6 is 27.3 Å². The van der Waals surface area contributed by atoms with Crippen LogP contribution < -0.4 is 5.32 Å². The average Bonchev–Trinajstić information content (AvgIpc) is 3.09. The number of anilines is 1. The summed E-state index contributed by atoms with van der Waals surface area (Å²) in [5, 5.41) is 4.48. The summed E-state index contributed by atoms with van der Waals surface area (Å²) >= 11 is 4.54. The molecule has 1 aliphatic heterocycles. The van der Waals surface area contributed by atoms with Gasteiger partial charge in [0.2, 0.25) is 10.0 Å². The Bertz CT molecular complexity index is 887. The second-order valence-corrected chi connectivity index (χ2v) is 9.73. The number of rotatable bonds is 4. The lowest BCUT2D eigenvalue weighted by atomic mass is 10.2. The number of carbonyl (C=O) groups is 1. The molecule has 1 N–H and O–H groups in total. The molecule has 3 rings (SSSR count). The number of amides is 1. The van der Waals surface area contributed by atoms with Gasteiger partial charge in [0.25, 0.3) is 5.91 Å². The van der Waals surface area contributed by atoms with Crippen molar-refractivity contribution in [2.45, 2.75) is 31.1 Å². The molecule has 2 aromatic rings. The highest BCUT2D eigenvalue weighted by Gasteiger charge is 2.31. The summed E-state index contributed by atoms with van der Waals surface area (Å²) in [4.78, 5) is 13.0. The van der Waals surface area contributed by atoms with Crippen LogP contribution in [0.1, 0.15) is 34.5 Å². The number of carbonyl (C=O) groups excluding carboxylic acids is 1. The van der Waals surface area contributed by atoms with Crippen LogP contribution in [0.15, 0.2) is 39.0 Å². The molecule has 5 nitrogen and oxygen atoms in total. The highest BCUT2D eigenvalue weighted by atomic mass is 79.9. The second-order valence-electron chi connectivity index (χ2n) is 5.99. The van der Waals surface area contributed by atoms with Crippen molar-refractivity contribution in [3.8, 4) is 0 Å². The zero-order chi connectivity index (χ0) is 18.0. The predicted molar refractivity (Wildman–Crippen MR) is 104 cm³/mol. The first-order chi connectivity index (χ1) is 11.9. The minimum Gasteiger partial charge on any atom is -0.321 e. The molecule has 2 heterocycles. The van der Waals surface area contributed by atoms with Crippen LogP contribution in [-0.4, -0.2) is 31.7 Å². The van der Waals surface area contributed by atoms with Gasteiger partial charge in [-0.3, -0.25) is 4.79 Å². The van der Waals surface area contributed by atoms with Gasteiger partial charge in [0, 0.05) is 23.2 Å². The molecule has 0 atom stereocenters. The number of nitrogens with one attached hydrogen (secondary N) is 1. The van der Waals surface area contributed by atoms with Gasteiger partial charge in [-0.25, -0.2) is 8.42 Å². The molecule has 1 saturated heterocycles. The van der Waals surface area contributed by atoms with E-state index < -0.39 is 15.9 Å². The minimum absolute atomic E-state index is 0.103. The number of sulfonamides is 1. The molecule has 1 fully saturated rings. The summed E-state index contributed by atoms with van der Waals surface area (Å²) in [6.45, 7) is 2.93. The van der Waals surface area contributed by atoms with Gasteiger partial charge >= 0.3 is 0 Å². The van der Waals surface area contributed by atoms with Crippen molar-refractivity contribution < 1.29 is 13.2 Å². The van der Waals surface area contributed by atoms with E-state index in [1.54, 1.807) is 11.4 Å². The van der Waals surface area contributed by atoms with Crippen LogP contribution in [-0.2, 0) is 10.0 Å². The topological polar surface area (TPSA) is 66.5 Å². The Morgan fingerprint density at radius 1 is 1.20 bits per heavy atom. The largest absolute Gasteiger partial charge is 0.321 e. The summed E-state index contributed by atoms with van der Waals surface area (Å²) in [5.41, 5.74) is 1.57. The quantitative estimate of drug-likeness (QED) is 0.769. The predicted octanol–water partition coefficient (Wildman–Crippen LogP) is 4.25. The molecular formula is C17H19BrN2O3S2. The number of halogens is 1. The summed E-state index contributed by atoms with van der Waals surface area (Å²) in [7, 11) is -3.63. The van der Waals surface area contributed by atoms with Crippen LogP contribution in [0.2, 0.25) is 0 Å². The molecule has 8 heteroatoms. The molecule has 1 aromatic heterocycles. The van der Waals surface area contributed by atoms with Crippen LogP contribution in [0.25, 0.3) is 0 Å². The van der Waals surface area contributed by atoms with Crippen molar-refractivity contribution in [3.05, 3.63) is 44.6 Å². The molecule has 0 unspecified atom stereocenters. The van der Waals surface area contributed by atoms with Gasteiger partial charge in [0.1, 0.15) is 9.77 Å². The number of piperidine rings is 1. The van der Waals surface area contributed by atoms with Crippen LogP contribution in [0.4, 0.5) is 5.69 Å². The van der Waals surface area contributed by atoms with Crippen LogP contribution in [0.3, 0.4) is 0 Å². The maximum atomic E-state index is 12.9. The first-order valence-electron chi connectivity index (χ1n) is 8.05. The van der Waals surface area contributed by atoms with Crippen molar-refractivity contribution >= 4 is 48.9 Å². The fraction of sp³-hybridized carbons (Fsp3) is 0.353. The number of hydrogen-bond donors (Lipinski definition) is 1. The first-order valence-corrected chi connectivity index (χ1v) is 11.2. The average molecular weight is 443 g/mol. The summed E-state index contributed by atoms with van der Waals surface area (Å²) in [6.07, 6.45) is 2.78. The lowest BCUT2D eigenvalue weighted by molar-refractivity contribution is 0.102. The highest BCUT2D eigenvalue weighted by molar-refractivity contribution is 9.10. The van der Waals surface area contributed by atoms with Crippen molar-refractivity contribution in [2.75, 3.05) is 18.4 Å². The van der Waals surface area contributed by atoms with Crippen molar-refractivity contribution in [2.24, 2.45) is 0 Å². The fourth-order valence-corrected chi connectivity index (χ4v) is 6.15. The third-order valence-electron chi connectivity index (χ3n) is 4.20. The van der Waals surface area contributed by atoms with Gasteiger partial charge in [-0.15, -0.1) is 11.3 Å². The third kappa shape index (κ3) is 3.97. The molecule has 1 aliphatic rings. The molecule has 0 saturated carbocycles. The van der Waals surface area contributed by atoms with Crippen LogP contribution in [0, 0.1) is 6.92 Å². The molecule has 1 amide bonds. The Labute approximate surface area is 160 Å². The second kappa shape index (κ2) is 7.57. The molecular weight excluding hydrogens is 424 g/mol. The number of aryl methyl sites for hydroxylation is 1. The Morgan fingerprint density at radius 2 is 1.92 bits per heavy atom. The Kier molecular flexibility index (Phi) is 5.62. The summed E-state index contributed by atoms with van der Waals surface area (Å²) in [6, 6.07) is 7.06. The van der Waals surface area contributed by atoms with Gasteiger partial charge < -0.3 is 5.32 Å². The first kappa shape index (κ1) is 18.6. The maximum Gasteiger partial charge on any atom is 0.267 e. The zero-order valence-electron chi connectivity index (χ0n) is 13.8. The Balaban J connectivity index is 1.86. The van der Waals surface area contributed by atoms with Gasteiger partial charge in [-0.1, -0.05) is 22.4 Å². The number of hydrogen-bond acceptors (Lipinski definition) is 4. The molecule has 0 aliphatic carbocycles. The molecule has 0 bridgehead atoms. The highest BCUT2D eigenvalue weighted by Crippen LogP contribution is 2.29. The zero-order valence-corrected chi connectivity index (χ0v) is 17.0. The van der Waals surface area contributed by atoms with Crippen molar-refractivity contribution in [1.29, 1.82) is 0 Å². The minimum atomic E-state index is -3.63.